The van der Waals surface area contributed by atoms with Crippen LogP contribution in [0, 0.1) is 23.2 Å². The summed E-state index contributed by atoms with van der Waals surface area (Å²) in [6, 6.07) is 2.95. The van der Waals surface area contributed by atoms with Gasteiger partial charge in [-0.2, -0.15) is 5.26 Å². The second-order valence-electron chi connectivity index (χ2n) is 5.89. The van der Waals surface area contributed by atoms with E-state index in [0.717, 1.165) is 18.9 Å². The molecule has 2 fully saturated rings. The molecule has 0 aromatic carbocycles. The van der Waals surface area contributed by atoms with Crippen molar-refractivity contribution in [1.29, 1.82) is 5.26 Å². The first kappa shape index (κ1) is 12.9. The molecule has 1 N–H and O–H groups in total. The normalized spacial score (nSPS) is 31.7. The third kappa shape index (κ3) is 4.00. The van der Waals surface area contributed by atoms with Crippen LogP contribution in [0.2, 0.25) is 0 Å². The number of hydrogen-bond acceptors (Lipinski definition) is 2. The maximum absolute atomic E-state index is 9.07. The predicted molar refractivity (Wildman–Crippen MR) is 70.6 cm³/mol. The van der Waals surface area contributed by atoms with Crippen LogP contribution in [0.15, 0.2) is 0 Å². The first-order chi connectivity index (χ1) is 8.40. The van der Waals surface area contributed by atoms with Crippen LogP contribution in [0.25, 0.3) is 0 Å². The van der Waals surface area contributed by atoms with Crippen LogP contribution in [0.5, 0.6) is 0 Å². The zero-order valence-electron chi connectivity index (χ0n) is 11.0. The molecular weight excluding hydrogens is 208 g/mol. The summed E-state index contributed by atoms with van der Waals surface area (Å²) in [6.45, 7) is 1.16. The monoisotopic (exact) mass is 234 g/mol. The van der Waals surface area contributed by atoms with Crippen LogP contribution in [-0.2, 0) is 0 Å². The van der Waals surface area contributed by atoms with Crippen molar-refractivity contribution in [3.8, 4) is 6.07 Å². The minimum absolute atomic E-state index is 0.281. The lowest BCUT2D eigenvalue weighted by Crippen LogP contribution is -2.35. The maximum atomic E-state index is 9.07. The molecule has 0 saturated heterocycles. The van der Waals surface area contributed by atoms with Gasteiger partial charge in [-0.05, 0) is 38.1 Å². The van der Waals surface area contributed by atoms with E-state index in [1.165, 1.54) is 57.8 Å². The second-order valence-corrected chi connectivity index (χ2v) is 5.89. The van der Waals surface area contributed by atoms with Gasteiger partial charge in [0.25, 0.3) is 0 Å². The Balaban J connectivity index is 1.71. The molecule has 2 saturated carbocycles. The molecule has 0 radical (unpaired) electrons. The van der Waals surface area contributed by atoms with Crippen molar-refractivity contribution >= 4 is 0 Å². The fourth-order valence-electron chi connectivity index (χ4n) is 3.42. The van der Waals surface area contributed by atoms with Crippen LogP contribution in [-0.4, -0.2) is 12.6 Å². The third-order valence-corrected chi connectivity index (χ3v) is 4.58. The fourth-order valence-corrected chi connectivity index (χ4v) is 3.42. The highest BCUT2D eigenvalue weighted by Crippen LogP contribution is 2.26. The first-order valence-electron chi connectivity index (χ1n) is 7.53. The van der Waals surface area contributed by atoms with E-state index in [9.17, 15) is 0 Å². The average molecular weight is 234 g/mol. The Morgan fingerprint density at radius 2 is 1.59 bits per heavy atom. The molecule has 0 aromatic heterocycles. The van der Waals surface area contributed by atoms with Crippen molar-refractivity contribution in [2.75, 3.05) is 6.54 Å². The molecule has 0 aromatic rings. The topological polar surface area (TPSA) is 35.8 Å². The van der Waals surface area contributed by atoms with Crippen molar-refractivity contribution in [3.05, 3.63) is 0 Å². The van der Waals surface area contributed by atoms with Gasteiger partial charge in [0.05, 0.1) is 12.0 Å². The van der Waals surface area contributed by atoms with E-state index in [0.29, 0.717) is 6.04 Å². The van der Waals surface area contributed by atoms with Gasteiger partial charge in [0, 0.05) is 6.04 Å². The molecular formula is C15H26N2. The van der Waals surface area contributed by atoms with Gasteiger partial charge in [-0.25, -0.2) is 0 Å². The highest BCUT2D eigenvalue weighted by atomic mass is 14.9. The van der Waals surface area contributed by atoms with Gasteiger partial charge < -0.3 is 5.32 Å². The second kappa shape index (κ2) is 7.01. The Morgan fingerprint density at radius 1 is 0.882 bits per heavy atom. The van der Waals surface area contributed by atoms with Crippen molar-refractivity contribution in [1.82, 2.24) is 5.32 Å². The van der Waals surface area contributed by atoms with Gasteiger partial charge in [0.1, 0.15) is 0 Å². The van der Waals surface area contributed by atoms with Gasteiger partial charge >= 0.3 is 0 Å². The van der Waals surface area contributed by atoms with Crippen LogP contribution in [0.1, 0.15) is 64.2 Å². The zero-order valence-corrected chi connectivity index (χ0v) is 11.0. The molecule has 2 unspecified atom stereocenters. The standard InChI is InChI=1S/C15H26N2/c16-11-14-9-6-10-15(14)17-12-13-7-4-2-1-3-5-8-13/h13-15,17H,1-10,12H2. The zero-order chi connectivity index (χ0) is 11.9. The minimum atomic E-state index is 0.281. The summed E-state index contributed by atoms with van der Waals surface area (Å²) in [5.74, 6) is 1.15. The van der Waals surface area contributed by atoms with Crippen LogP contribution >= 0.6 is 0 Å². The smallest absolute Gasteiger partial charge is 0.0672 e. The van der Waals surface area contributed by atoms with Gasteiger partial charge in [0.2, 0.25) is 0 Å². The number of nitrogens with zero attached hydrogens (tertiary/aromatic N) is 1. The highest BCUT2D eigenvalue weighted by molar-refractivity contribution is 4.96. The summed E-state index contributed by atoms with van der Waals surface area (Å²) in [6.07, 6.45) is 13.5. The Hall–Kier alpha value is -0.550. The largest absolute Gasteiger partial charge is 0.312 e. The number of nitriles is 1. The molecule has 96 valence electrons. The number of hydrogen-bond donors (Lipinski definition) is 1. The maximum Gasteiger partial charge on any atom is 0.0672 e. The van der Waals surface area contributed by atoms with E-state index in [-0.39, 0.29) is 5.92 Å². The molecule has 2 heteroatoms. The van der Waals surface area contributed by atoms with E-state index in [1.807, 2.05) is 0 Å². The molecule has 0 spiro atoms. The predicted octanol–water partition coefficient (Wildman–Crippen LogP) is 3.63. The average Bonchev–Trinajstić information content (AvgIpc) is 2.75. The van der Waals surface area contributed by atoms with E-state index in [2.05, 4.69) is 11.4 Å². The molecule has 2 nitrogen and oxygen atoms in total. The van der Waals surface area contributed by atoms with Crippen LogP contribution in [0.3, 0.4) is 0 Å². The lowest BCUT2D eigenvalue weighted by Gasteiger charge is -2.23. The van der Waals surface area contributed by atoms with Gasteiger partial charge in [-0.3, -0.25) is 0 Å². The molecule has 2 aliphatic rings. The molecule has 2 rings (SSSR count). The van der Waals surface area contributed by atoms with E-state index in [4.69, 9.17) is 5.26 Å². The van der Waals surface area contributed by atoms with Crippen molar-refractivity contribution < 1.29 is 0 Å². The Kier molecular flexibility index (Phi) is 5.32. The Bertz CT molecular complexity index is 248. The highest BCUT2D eigenvalue weighted by Gasteiger charge is 2.27. The molecule has 17 heavy (non-hydrogen) atoms. The van der Waals surface area contributed by atoms with E-state index in [1.54, 1.807) is 0 Å². The SMILES string of the molecule is N#CC1CCCC1NCC1CCCCCCC1. The Labute approximate surface area is 106 Å². The van der Waals surface area contributed by atoms with E-state index >= 15 is 0 Å². The van der Waals surface area contributed by atoms with Crippen molar-refractivity contribution in [3.63, 3.8) is 0 Å². The first-order valence-corrected chi connectivity index (χ1v) is 7.53. The lowest BCUT2D eigenvalue weighted by atomic mass is 9.90. The van der Waals surface area contributed by atoms with Crippen molar-refractivity contribution in [2.45, 2.75) is 70.3 Å². The van der Waals surface area contributed by atoms with Crippen molar-refractivity contribution in [2.24, 2.45) is 11.8 Å². The number of nitrogens with one attached hydrogen (secondary N) is 1. The molecule has 0 aliphatic heterocycles. The molecule has 2 aliphatic carbocycles. The third-order valence-electron chi connectivity index (χ3n) is 4.58. The minimum Gasteiger partial charge on any atom is -0.312 e. The van der Waals surface area contributed by atoms with Gasteiger partial charge in [-0.15, -0.1) is 0 Å². The van der Waals surface area contributed by atoms with Gasteiger partial charge in [-0.1, -0.05) is 38.5 Å². The van der Waals surface area contributed by atoms with Gasteiger partial charge in [0.15, 0.2) is 0 Å². The number of rotatable bonds is 3. The summed E-state index contributed by atoms with van der Waals surface area (Å²) in [5, 5.41) is 12.7. The summed E-state index contributed by atoms with van der Waals surface area (Å²) < 4.78 is 0. The van der Waals surface area contributed by atoms with E-state index < -0.39 is 0 Å². The van der Waals surface area contributed by atoms with Crippen LogP contribution in [0.4, 0.5) is 0 Å². The lowest BCUT2D eigenvalue weighted by molar-refractivity contribution is 0.335. The molecule has 2 atom stereocenters. The summed E-state index contributed by atoms with van der Waals surface area (Å²) in [7, 11) is 0. The molecule has 0 amide bonds. The summed E-state index contributed by atoms with van der Waals surface area (Å²) in [5.41, 5.74) is 0. The summed E-state index contributed by atoms with van der Waals surface area (Å²) >= 11 is 0. The fraction of sp³-hybridized carbons (Fsp3) is 0.933. The summed E-state index contributed by atoms with van der Waals surface area (Å²) in [4.78, 5) is 0. The van der Waals surface area contributed by atoms with Crippen LogP contribution < -0.4 is 5.32 Å². The molecule has 0 bridgehead atoms. The quantitative estimate of drug-likeness (QED) is 0.809. The Morgan fingerprint density at radius 3 is 2.29 bits per heavy atom. The molecule has 0 heterocycles.